The number of hydrogen-bond acceptors (Lipinski definition) is 6. The highest BCUT2D eigenvalue weighted by Crippen LogP contribution is 2.18. The number of amides is 1. The Kier molecular flexibility index (Phi) is 4.97. The van der Waals surface area contributed by atoms with Crippen LogP contribution in [0.5, 0.6) is 5.75 Å². The number of nitrogen functional groups attached to an aromatic ring is 1. The van der Waals surface area contributed by atoms with Gasteiger partial charge in [0.25, 0.3) is 5.91 Å². The fourth-order valence-corrected chi connectivity index (χ4v) is 1.92. The molecule has 1 heterocycles. The summed E-state index contributed by atoms with van der Waals surface area (Å²) in [5.74, 6) is 5.34. The maximum Gasteiger partial charge on any atom is 0.287 e. The molecule has 3 N–H and O–H groups in total. The zero-order valence-corrected chi connectivity index (χ0v) is 11.8. The predicted octanol–water partition coefficient (Wildman–Crippen LogP) is 0.682. The summed E-state index contributed by atoms with van der Waals surface area (Å²) in [6.07, 6.45) is 3.54. The van der Waals surface area contributed by atoms with Crippen LogP contribution in [-0.2, 0) is 6.54 Å². The van der Waals surface area contributed by atoms with Gasteiger partial charge in [-0.25, -0.2) is 10.5 Å². The minimum absolute atomic E-state index is 0.178. The fourth-order valence-electron chi connectivity index (χ4n) is 1.51. The number of hydrogen-bond donors (Lipinski definition) is 2. The van der Waals surface area contributed by atoms with Crippen molar-refractivity contribution in [1.82, 2.24) is 20.4 Å². The van der Waals surface area contributed by atoms with Crippen molar-refractivity contribution in [3.05, 3.63) is 36.2 Å². The van der Waals surface area contributed by atoms with E-state index in [0.717, 1.165) is 5.75 Å². The van der Waals surface area contributed by atoms with E-state index >= 15 is 0 Å². The number of carbonyl (C=O) groups excluding carboxylic acids is 1. The molecular weight excluding hydrogens is 278 g/mol. The second-order valence-corrected chi connectivity index (χ2v) is 4.74. The molecule has 0 saturated heterocycles. The Morgan fingerprint density at radius 2 is 2.20 bits per heavy atom. The number of benzene rings is 1. The molecule has 0 saturated carbocycles. The van der Waals surface area contributed by atoms with Crippen molar-refractivity contribution in [1.29, 1.82) is 0 Å². The lowest BCUT2D eigenvalue weighted by atomic mass is 10.3. The van der Waals surface area contributed by atoms with Crippen molar-refractivity contribution in [2.75, 3.05) is 12.9 Å². The van der Waals surface area contributed by atoms with Crippen LogP contribution < -0.4 is 16.0 Å². The Morgan fingerprint density at radius 1 is 1.45 bits per heavy atom. The molecule has 0 radical (unpaired) electrons. The molecule has 0 atom stereocenters. The fraction of sp³-hybridized carbons (Fsp3) is 0.250. The van der Waals surface area contributed by atoms with Crippen LogP contribution in [0.25, 0.3) is 0 Å². The number of ether oxygens (including phenoxy) is 1. The van der Waals surface area contributed by atoms with Gasteiger partial charge in [0, 0.05) is 4.90 Å². The van der Waals surface area contributed by atoms with Gasteiger partial charge in [-0.2, -0.15) is 0 Å². The van der Waals surface area contributed by atoms with Crippen LogP contribution in [0.15, 0.2) is 35.4 Å². The zero-order valence-electron chi connectivity index (χ0n) is 10.9. The standard InChI is InChI=1S/C12H15N5O2S/c1-20-10-4-2-9(3-5-10)19-7-6-17-8-11(15-16-17)12(18)14-13/h2-5,8H,6-7,13H2,1H3,(H,14,18). The third-order valence-corrected chi connectivity index (χ3v) is 3.29. The van der Waals surface area contributed by atoms with E-state index in [9.17, 15) is 4.79 Å². The van der Waals surface area contributed by atoms with Gasteiger partial charge in [-0.15, -0.1) is 16.9 Å². The molecule has 0 aliphatic rings. The van der Waals surface area contributed by atoms with E-state index in [-0.39, 0.29) is 5.69 Å². The first-order valence-electron chi connectivity index (χ1n) is 5.91. The molecule has 0 unspecified atom stereocenters. The molecule has 0 aliphatic heterocycles. The van der Waals surface area contributed by atoms with Gasteiger partial charge in [-0.05, 0) is 30.5 Å². The third kappa shape index (κ3) is 3.72. The second kappa shape index (κ2) is 6.92. The second-order valence-electron chi connectivity index (χ2n) is 3.86. The number of thioether (sulfide) groups is 1. The predicted molar refractivity (Wildman–Crippen MR) is 75.4 cm³/mol. The molecule has 8 heteroatoms. The highest BCUT2D eigenvalue weighted by molar-refractivity contribution is 7.98. The maximum absolute atomic E-state index is 11.2. The topological polar surface area (TPSA) is 95.1 Å². The average Bonchev–Trinajstić information content (AvgIpc) is 2.96. The summed E-state index contributed by atoms with van der Waals surface area (Å²) in [6.45, 7) is 0.931. The minimum Gasteiger partial charge on any atom is -0.492 e. The van der Waals surface area contributed by atoms with Crippen molar-refractivity contribution >= 4 is 17.7 Å². The number of nitrogens with two attached hydrogens (primary N) is 1. The van der Waals surface area contributed by atoms with E-state index in [2.05, 4.69) is 10.3 Å². The molecular formula is C12H15N5O2S. The number of aromatic nitrogens is 3. The molecule has 2 rings (SSSR count). The minimum atomic E-state index is -0.468. The first-order valence-corrected chi connectivity index (χ1v) is 7.13. The van der Waals surface area contributed by atoms with Crippen LogP contribution >= 0.6 is 11.8 Å². The molecule has 0 aliphatic carbocycles. The van der Waals surface area contributed by atoms with E-state index in [1.165, 1.54) is 15.8 Å². The number of rotatable bonds is 6. The average molecular weight is 293 g/mol. The van der Waals surface area contributed by atoms with Gasteiger partial charge >= 0.3 is 0 Å². The van der Waals surface area contributed by atoms with Crippen molar-refractivity contribution in [3.8, 4) is 5.75 Å². The SMILES string of the molecule is CSc1ccc(OCCn2cc(C(=O)NN)nn2)cc1. The van der Waals surface area contributed by atoms with Crippen LogP contribution in [-0.4, -0.2) is 33.8 Å². The van der Waals surface area contributed by atoms with E-state index < -0.39 is 5.91 Å². The first-order chi connectivity index (χ1) is 9.72. The summed E-state index contributed by atoms with van der Waals surface area (Å²) < 4.78 is 7.11. The van der Waals surface area contributed by atoms with E-state index in [1.54, 1.807) is 11.8 Å². The van der Waals surface area contributed by atoms with Crippen molar-refractivity contribution in [2.24, 2.45) is 5.84 Å². The van der Waals surface area contributed by atoms with Gasteiger partial charge in [0.1, 0.15) is 12.4 Å². The summed E-state index contributed by atoms with van der Waals surface area (Å²) >= 11 is 1.68. The van der Waals surface area contributed by atoms with Crippen LogP contribution in [0.3, 0.4) is 0 Å². The van der Waals surface area contributed by atoms with Gasteiger partial charge in [0.05, 0.1) is 12.7 Å². The Labute approximate surface area is 120 Å². The number of carbonyl (C=O) groups is 1. The molecule has 1 amide bonds. The Balaban J connectivity index is 1.83. The van der Waals surface area contributed by atoms with Crippen LogP contribution in [0, 0.1) is 0 Å². The van der Waals surface area contributed by atoms with Gasteiger partial charge in [0.2, 0.25) is 0 Å². The molecule has 1 aromatic carbocycles. The van der Waals surface area contributed by atoms with Gasteiger partial charge in [0.15, 0.2) is 5.69 Å². The van der Waals surface area contributed by atoms with Crippen molar-refractivity contribution in [3.63, 3.8) is 0 Å². The molecule has 2 aromatic rings. The molecule has 106 valence electrons. The third-order valence-electron chi connectivity index (χ3n) is 2.55. The van der Waals surface area contributed by atoms with Crippen LogP contribution in [0.1, 0.15) is 10.5 Å². The lowest BCUT2D eigenvalue weighted by molar-refractivity contribution is 0.0948. The van der Waals surface area contributed by atoms with Crippen LogP contribution in [0.4, 0.5) is 0 Å². The summed E-state index contributed by atoms with van der Waals surface area (Å²) in [5.41, 5.74) is 2.18. The lowest BCUT2D eigenvalue weighted by Crippen LogP contribution is -2.30. The summed E-state index contributed by atoms with van der Waals surface area (Å²) in [5, 5.41) is 7.51. The Hall–Kier alpha value is -2.06. The molecule has 20 heavy (non-hydrogen) atoms. The van der Waals surface area contributed by atoms with E-state index in [1.807, 2.05) is 35.9 Å². The molecule has 1 aromatic heterocycles. The van der Waals surface area contributed by atoms with Crippen molar-refractivity contribution < 1.29 is 9.53 Å². The lowest BCUT2D eigenvalue weighted by Gasteiger charge is -2.06. The Morgan fingerprint density at radius 3 is 2.85 bits per heavy atom. The summed E-state index contributed by atoms with van der Waals surface area (Å²) in [6, 6.07) is 7.83. The molecule has 7 nitrogen and oxygen atoms in total. The molecule has 0 spiro atoms. The number of nitrogens with zero attached hydrogens (tertiary/aromatic N) is 3. The number of nitrogens with one attached hydrogen (secondary N) is 1. The van der Waals surface area contributed by atoms with Crippen LogP contribution in [0.2, 0.25) is 0 Å². The monoisotopic (exact) mass is 293 g/mol. The largest absolute Gasteiger partial charge is 0.492 e. The zero-order chi connectivity index (χ0) is 14.4. The summed E-state index contributed by atoms with van der Waals surface area (Å²) in [7, 11) is 0. The van der Waals surface area contributed by atoms with Gasteiger partial charge in [-0.1, -0.05) is 5.21 Å². The molecule has 0 fully saturated rings. The summed E-state index contributed by atoms with van der Waals surface area (Å²) in [4.78, 5) is 12.4. The highest BCUT2D eigenvalue weighted by atomic mass is 32.2. The Bertz CT molecular complexity index is 569. The normalized spacial score (nSPS) is 10.3. The van der Waals surface area contributed by atoms with E-state index in [4.69, 9.17) is 10.6 Å². The number of hydrazine groups is 1. The van der Waals surface area contributed by atoms with Crippen molar-refractivity contribution in [2.45, 2.75) is 11.4 Å². The highest BCUT2D eigenvalue weighted by Gasteiger charge is 2.08. The first kappa shape index (κ1) is 14.4. The smallest absolute Gasteiger partial charge is 0.287 e. The quantitative estimate of drug-likeness (QED) is 0.352. The van der Waals surface area contributed by atoms with E-state index in [0.29, 0.717) is 13.2 Å². The van der Waals surface area contributed by atoms with Gasteiger partial charge in [-0.3, -0.25) is 10.2 Å². The van der Waals surface area contributed by atoms with Gasteiger partial charge < -0.3 is 4.74 Å². The maximum atomic E-state index is 11.2. The molecule has 0 bridgehead atoms.